The van der Waals surface area contributed by atoms with Crippen molar-refractivity contribution in [3.05, 3.63) is 59.7 Å². The van der Waals surface area contributed by atoms with Gasteiger partial charge in [0.1, 0.15) is 20.2 Å². The molecule has 0 fully saturated rings. The zero-order valence-corrected chi connectivity index (χ0v) is 14.8. The largest absolute Gasteiger partial charge is 2.00 e. The van der Waals surface area contributed by atoms with E-state index in [1.54, 1.807) is 24.3 Å². The average Bonchev–Trinajstić information content (AvgIpc) is 2.38. The van der Waals surface area contributed by atoms with Gasteiger partial charge in [0.05, 0.1) is 9.79 Å². The number of aryl methyl sites for hydroxylation is 2. The zero-order valence-electron chi connectivity index (χ0n) is 12.2. The predicted octanol–water partition coefficient (Wildman–Crippen LogP) is 1.80. The van der Waals surface area contributed by atoms with Crippen molar-refractivity contribution in [1.82, 2.24) is 0 Å². The minimum Gasteiger partial charge on any atom is -0.744 e. The number of rotatable bonds is 2. The monoisotopic (exact) mass is 405 g/mol. The van der Waals surface area contributed by atoms with Crippen LogP contribution in [-0.4, -0.2) is 25.9 Å². The van der Waals surface area contributed by atoms with Crippen molar-refractivity contribution in [2.24, 2.45) is 0 Å². The Hall–Kier alpha value is -1.22. The van der Waals surface area contributed by atoms with Crippen LogP contribution < -0.4 is 0 Å². The van der Waals surface area contributed by atoms with E-state index in [1.807, 2.05) is 13.8 Å². The summed E-state index contributed by atoms with van der Waals surface area (Å²) in [5.41, 5.74) is 1.86. The quantitative estimate of drug-likeness (QED) is 0.555. The fourth-order valence-corrected chi connectivity index (χ4v) is 2.35. The van der Waals surface area contributed by atoms with Crippen LogP contribution in [0.15, 0.2) is 58.3 Å². The maximum atomic E-state index is 10.4. The van der Waals surface area contributed by atoms with Gasteiger partial charge in [-0.3, -0.25) is 0 Å². The molecule has 2 rings (SSSR count). The van der Waals surface area contributed by atoms with Crippen molar-refractivity contribution < 1.29 is 43.0 Å². The second-order valence-corrected chi connectivity index (χ2v) is 7.29. The van der Waals surface area contributed by atoms with Gasteiger partial charge in [0.15, 0.2) is 0 Å². The molecule has 0 atom stereocenters. The Kier molecular flexibility index (Phi) is 8.13. The van der Waals surface area contributed by atoms with Crippen molar-refractivity contribution in [3.8, 4) is 0 Å². The van der Waals surface area contributed by atoms with E-state index in [9.17, 15) is 25.9 Å². The normalized spacial score (nSPS) is 11.0. The Balaban J connectivity index is 0.000000403. The van der Waals surface area contributed by atoms with E-state index >= 15 is 0 Å². The van der Waals surface area contributed by atoms with Gasteiger partial charge in [0.2, 0.25) is 0 Å². The Morgan fingerprint density at radius 2 is 0.826 bits per heavy atom. The first-order valence-electron chi connectivity index (χ1n) is 6.05. The molecule has 23 heavy (non-hydrogen) atoms. The van der Waals surface area contributed by atoms with E-state index in [0.717, 1.165) is 11.1 Å². The molecule has 0 amide bonds. The first-order valence-corrected chi connectivity index (χ1v) is 8.87. The maximum Gasteiger partial charge on any atom is 2.00 e. The van der Waals surface area contributed by atoms with Gasteiger partial charge in [-0.25, -0.2) is 16.8 Å². The number of benzene rings is 2. The van der Waals surface area contributed by atoms with Crippen LogP contribution in [-0.2, 0) is 37.3 Å². The summed E-state index contributed by atoms with van der Waals surface area (Å²) in [5.74, 6) is 0. The van der Waals surface area contributed by atoms with Crippen LogP contribution in [0.5, 0.6) is 0 Å². The molecule has 129 valence electrons. The fraction of sp³-hybridized carbons (Fsp3) is 0.143. The van der Waals surface area contributed by atoms with Crippen LogP contribution in [0.3, 0.4) is 0 Å². The average molecular weight is 406 g/mol. The molecular weight excluding hydrogens is 392 g/mol. The van der Waals surface area contributed by atoms with Crippen LogP contribution in [0, 0.1) is 13.8 Å². The van der Waals surface area contributed by atoms with Gasteiger partial charge >= 0.3 is 17.1 Å². The second kappa shape index (κ2) is 8.58. The molecule has 0 saturated heterocycles. The van der Waals surface area contributed by atoms with Crippen LogP contribution in [0.4, 0.5) is 0 Å². The molecule has 2 aromatic rings. The van der Waals surface area contributed by atoms with Gasteiger partial charge in [-0.1, -0.05) is 35.4 Å². The number of hydrogen-bond donors (Lipinski definition) is 0. The van der Waals surface area contributed by atoms with Gasteiger partial charge in [0, 0.05) is 0 Å². The van der Waals surface area contributed by atoms with E-state index in [2.05, 4.69) is 0 Å². The third kappa shape index (κ3) is 7.74. The summed E-state index contributed by atoms with van der Waals surface area (Å²) in [6, 6.07) is 11.6. The van der Waals surface area contributed by atoms with Crippen molar-refractivity contribution in [2.45, 2.75) is 23.6 Å². The van der Waals surface area contributed by atoms with Crippen molar-refractivity contribution in [2.75, 3.05) is 0 Å². The fourth-order valence-electron chi connectivity index (χ4n) is 1.41. The molecule has 0 aromatic heterocycles. The third-order valence-corrected chi connectivity index (χ3v) is 4.32. The third-order valence-electron chi connectivity index (χ3n) is 2.62. The van der Waals surface area contributed by atoms with Crippen molar-refractivity contribution in [3.63, 3.8) is 0 Å². The van der Waals surface area contributed by atoms with E-state index in [-0.39, 0.29) is 26.9 Å². The Morgan fingerprint density at radius 1 is 0.609 bits per heavy atom. The molecule has 2 aromatic carbocycles. The summed E-state index contributed by atoms with van der Waals surface area (Å²) in [4.78, 5) is -0.355. The summed E-state index contributed by atoms with van der Waals surface area (Å²) < 4.78 is 62.3. The Morgan fingerprint density at radius 3 is 1.00 bits per heavy atom. The Bertz CT molecular complexity index is 752. The smallest absolute Gasteiger partial charge is 0.744 e. The summed E-state index contributed by atoms with van der Waals surface area (Å²) in [6.07, 6.45) is 0. The summed E-state index contributed by atoms with van der Waals surface area (Å²) in [7, 11) is -8.54. The topological polar surface area (TPSA) is 114 Å². The molecule has 0 bridgehead atoms. The van der Waals surface area contributed by atoms with Gasteiger partial charge in [0.25, 0.3) is 0 Å². The molecule has 1 radical (unpaired) electrons. The van der Waals surface area contributed by atoms with E-state index < -0.39 is 20.2 Å². The molecular formula is C14H14CuO6S2. The van der Waals surface area contributed by atoms with Crippen LogP contribution in [0.25, 0.3) is 0 Å². The SMILES string of the molecule is Cc1ccc(S(=O)(=O)[O-])cc1.Cc1ccc(S(=O)(=O)[O-])cc1.[Cu+2]. The van der Waals surface area contributed by atoms with Crippen molar-refractivity contribution in [1.29, 1.82) is 0 Å². The minimum atomic E-state index is -4.27. The van der Waals surface area contributed by atoms with Gasteiger partial charge < -0.3 is 9.11 Å². The van der Waals surface area contributed by atoms with Crippen molar-refractivity contribution >= 4 is 20.2 Å². The van der Waals surface area contributed by atoms with E-state index in [1.165, 1.54) is 24.3 Å². The summed E-state index contributed by atoms with van der Waals surface area (Å²) in [5, 5.41) is 0. The minimum absolute atomic E-state index is 0. The van der Waals surface area contributed by atoms with Crippen LogP contribution >= 0.6 is 0 Å². The zero-order chi connectivity index (χ0) is 17.0. The summed E-state index contributed by atoms with van der Waals surface area (Å²) >= 11 is 0. The standard InChI is InChI=1S/2C7H8O3S.Cu/c2*1-6-2-4-7(5-3-6)11(8,9)10;/h2*2-5H,1H3,(H,8,9,10);/q;;+2/p-2. The van der Waals surface area contributed by atoms with Gasteiger partial charge in [-0.05, 0) is 38.1 Å². The van der Waals surface area contributed by atoms with E-state index in [4.69, 9.17) is 0 Å². The molecule has 0 heterocycles. The molecule has 0 aliphatic rings. The predicted molar refractivity (Wildman–Crippen MR) is 78.3 cm³/mol. The summed E-state index contributed by atoms with van der Waals surface area (Å²) in [6.45, 7) is 3.64. The second-order valence-electron chi connectivity index (χ2n) is 4.53. The molecule has 9 heteroatoms. The molecule has 0 aliphatic heterocycles. The maximum absolute atomic E-state index is 10.4. The molecule has 0 spiro atoms. The first kappa shape index (κ1) is 21.8. The van der Waals surface area contributed by atoms with Crippen LogP contribution in [0.1, 0.15) is 11.1 Å². The first-order chi connectivity index (χ1) is 10.00. The Labute approximate surface area is 146 Å². The number of hydrogen-bond acceptors (Lipinski definition) is 6. The molecule has 0 aliphatic carbocycles. The van der Waals surface area contributed by atoms with Gasteiger partial charge in [-0.2, -0.15) is 0 Å². The molecule has 0 N–H and O–H groups in total. The molecule has 0 saturated carbocycles. The van der Waals surface area contributed by atoms with Gasteiger partial charge in [-0.15, -0.1) is 0 Å². The molecule has 0 unspecified atom stereocenters. The molecule has 6 nitrogen and oxygen atoms in total. The van der Waals surface area contributed by atoms with E-state index in [0.29, 0.717) is 0 Å². The van der Waals surface area contributed by atoms with Crippen LogP contribution in [0.2, 0.25) is 0 Å².